The van der Waals surface area contributed by atoms with E-state index in [1.807, 2.05) is 0 Å². The van der Waals surface area contributed by atoms with Crippen LogP contribution in [0.2, 0.25) is 0 Å². The first-order chi connectivity index (χ1) is 14.1. The van der Waals surface area contributed by atoms with Crippen LogP contribution in [0, 0.1) is 29.1 Å². The van der Waals surface area contributed by atoms with Gasteiger partial charge in [0.25, 0.3) is 0 Å². The maximum atomic E-state index is 12.3. The molecule has 2 amide bonds. The summed E-state index contributed by atoms with van der Waals surface area (Å²) in [6.45, 7) is 9.19. The van der Waals surface area contributed by atoms with Crippen LogP contribution < -0.4 is 10.6 Å². The lowest BCUT2D eigenvalue weighted by molar-refractivity contribution is -0.0142. The number of likely N-dealkylation sites (tertiary alicyclic amines) is 1. The number of hydrogen-bond acceptors (Lipinski definition) is 4. The molecule has 6 nitrogen and oxygen atoms in total. The van der Waals surface area contributed by atoms with E-state index in [4.69, 9.17) is 5.26 Å². The Kier molecular flexibility index (Phi) is 6.37. The molecule has 1 aromatic carbocycles. The van der Waals surface area contributed by atoms with Crippen LogP contribution in [0.25, 0.3) is 0 Å². The zero-order valence-corrected chi connectivity index (χ0v) is 17.4. The summed E-state index contributed by atoms with van der Waals surface area (Å²) in [4.78, 5) is 17.6. The molecule has 1 unspecified atom stereocenters. The lowest BCUT2D eigenvalue weighted by Gasteiger charge is -2.51. The quantitative estimate of drug-likeness (QED) is 0.804. The van der Waals surface area contributed by atoms with Crippen molar-refractivity contribution in [3.63, 3.8) is 0 Å². The van der Waals surface area contributed by atoms with Crippen molar-refractivity contribution in [2.75, 3.05) is 44.6 Å². The lowest BCUT2D eigenvalue weighted by Crippen LogP contribution is -2.58. The molecule has 2 bridgehead atoms. The van der Waals surface area contributed by atoms with E-state index >= 15 is 0 Å². The molecule has 4 aliphatic heterocycles. The molecule has 29 heavy (non-hydrogen) atoms. The molecule has 5 rings (SSSR count). The Morgan fingerprint density at radius 1 is 1.24 bits per heavy atom. The monoisotopic (exact) mass is 395 g/mol. The predicted octanol–water partition coefficient (Wildman–Crippen LogP) is 3.12. The highest BCUT2D eigenvalue weighted by Gasteiger charge is 2.40. The first kappa shape index (κ1) is 20.2. The molecule has 0 spiro atoms. The fourth-order valence-electron chi connectivity index (χ4n) is 5.30. The number of carbonyl (C=O) groups excluding carboxylic acids is 1. The van der Waals surface area contributed by atoms with Crippen LogP contribution in [-0.2, 0) is 0 Å². The van der Waals surface area contributed by atoms with Crippen molar-refractivity contribution in [1.29, 1.82) is 5.26 Å². The van der Waals surface area contributed by atoms with Crippen LogP contribution in [0.15, 0.2) is 24.3 Å². The highest BCUT2D eigenvalue weighted by molar-refractivity contribution is 5.89. The number of fused-ring (bicyclic) bond motifs is 3. The third-order valence-corrected chi connectivity index (χ3v) is 7.13. The van der Waals surface area contributed by atoms with Crippen molar-refractivity contribution in [2.45, 2.75) is 38.6 Å². The van der Waals surface area contributed by atoms with Crippen molar-refractivity contribution in [1.82, 2.24) is 15.1 Å². The number of benzene rings is 1. The van der Waals surface area contributed by atoms with Crippen LogP contribution in [0.4, 0.5) is 10.5 Å². The third kappa shape index (κ3) is 5.09. The third-order valence-electron chi connectivity index (χ3n) is 7.13. The number of urea groups is 1. The maximum Gasteiger partial charge on any atom is 0.319 e. The van der Waals surface area contributed by atoms with Crippen LogP contribution in [0.1, 0.15) is 38.2 Å². The van der Waals surface area contributed by atoms with Gasteiger partial charge in [-0.15, -0.1) is 0 Å². The summed E-state index contributed by atoms with van der Waals surface area (Å²) in [7, 11) is 0. The second kappa shape index (κ2) is 9.15. The Labute approximate surface area is 174 Å². The Balaban J connectivity index is 1.23. The maximum absolute atomic E-state index is 12.3. The van der Waals surface area contributed by atoms with E-state index in [1.165, 1.54) is 51.9 Å². The summed E-state index contributed by atoms with van der Waals surface area (Å²) in [6, 6.07) is 9.36. The lowest BCUT2D eigenvalue weighted by atomic mass is 9.75. The van der Waals surface area contributed by atoms with Crippen LogP contribution in [-0.4, -0.2) is 61.1 Å². The molecule has 1 aromatic rings. The fraction of sp³-hybridized carbons (Fsp3) is 0.652. The molecule has 0 aliphatic carbocycles. The number of nitrogens with one attached hydrogen (secondary N) is 2. The van der Waals surface area contributed by atoms with E-state index in [2.05, 4.69) is 33.4 Å². The standard InChI is InChI=1S/C23H33N5O/c1-17-5-8-27(9-6-17)15-20-16-28-10-7-19(20)12-22(28)14-25-23(29)26-21-4-2-3-18(11-21)13-24/h2-4,11,17,19-20,22H,5-10,12,14-16H2,1H3,(H2,25,26,29)/t19-,20-,22+/m0/s1. The first-order valence-electron chi connectivity index (χ1n) is 11.1. The smallest absolute Gasteiger partial charge is 0.319 e. The van der Waals surface area contributed by atoms with Crippen LogP contribution in [0.5, 0.6) is 0 Å². The van der Waals surface area contributed by atoms with E-state index in [0.717, 1.165) is 24.3 Å². The van der Waals surface area contributed by atoms with Gasteiger partial charge in [0, 0.05) is 31.4 Å². The number of piperidine rings is 4. The summed E-state index contributed by atoms with van der Waals surface area (Å²) >= 11 is 0. The topological polar surface area (TPSA) is 71.4 Å². The fourth-order valence-corrected chi connectivity index (χ4v) is 5.30. The summed E-state index contributed by atoms with van der Waals surface area (Å²) < 4.78 is 0. The van der Waals surface area contributed by atoms with E-state index < -0.39 is 0 Å². The summed E-state index contributed by atoms with van der Waals surface area (Å²) in [5, 5.41) is 14.9. The van der Waals surface area contributed by atoms with E-state index in [-0.39, 0.29) is 6.03 Å². The van der Waals surface area contributed by atoms with Gasteiger partial charge in [0.1, 0.15) is 0 Å². The second-order valence-corrected chi connectivity index (χ2v) is 9.20. The zero-order chi connectivity index (χ0) is 20.2. The normalized spacial score (nSPS) is 29.9. The molecule has 0 saturated carbocycles. The first-order valence-corrected chi connectivity index (χ1v) is 11.1. The van der Waals surface area contributed by atoms with Gasteiger partial charge in [0.15, 0.2) is 0 Å². The molecule has 4 heterocycles. The molecule has 4 atom stereocenters. The highest BCUT2D eigenvalue weighted by atomic mass is 16.2. The van der Waals surface area contributed by atoms with Gasteiger partial charge in [-0.25, -0.2) is 4.79 Å². The van der Waals surface area contributed by atoms with Gasteiger partial charge in [-0.05, 0) is 81.3 Å². The number of nitrogens with zero attached hydrogens (tertiary/aromatic N) is 3. The van der Waals surface area contributed by atoms with Crippen LogP contribution >= 0.6 is 0 Å². The van der Waals surface area contributed by atoms with Crippen molar-refractivity contribution in [2.24, 2.45) is 17.8 Å². The minimum atomic E-state index is -0.193. The largest absolute Gasteiger partial charge is 0.336 e. The molecule has 6 heteroatoms. The Bertz CT molecular complexity index is 752. The van der Waals surface area contributed by atoms with Crippen molar-refractivity contribution in [3.05, 3.63) is 29.8 Å². The molecule has 4 fully saturated rings. The highest BCUT2D eigenvalue weighted by Crippen LogP contribution is 2.37. The molecular formula is C23H33N5O. The Morgan fingerprint density at radius 2 is 2.07 bits per heavy atom. The Morgan fingerprint density at radius 3 is 2.79 bits per heavy atom. The van der Waals surface area contributed by atoms with Crippen LogP contribution in [0.3, 0.4) is 0 Å². The number of anilines is 1. The number of amides is 2. The summed E-state index contributed by atoms with van der Waals surface area (Å²) in [5.74, 6) is 2.47. The average Bonchev–Trinajstić information content (AvgIpc) is 2.75. The number of carbonyl (C=O) groups is 1. The minimum Gasteiger partial charge on any atom is -0.336 e. The van der Waals surface area contributed by atoms with Crippen molar-refractivity contribution < 1.29 is 4.79 Å². The van der Waals surface area contributed by atoms with Gasteiger partial charge in [0.2, 0.25) is 0 Å². The zero-order valence-electron chi connectivity index (χ0n) is 17.4. The molecule has 4 saturated heterocycles. The van der Waals surface area contributed by atoms with Crippen molar-refractivity contribution >= 4 is 11.7 Å². The molecule has 0 aromatic heterocycles. The van der Waals surface area contributed by atoms with Gasteiger partial charge in [-0.1, -0.05) is 13.0 Å². The summed E-state index contributed by atoms with van der Waals surface area (Å²) in [6.07, 6.45) is 5.19. The molecule has 2 N–H and O–H groups in total. The number of nitriles is 1. The molecule has 0 radical (unpaired) electrons. The van der Waals surface area contributed by atoms with Gasteiger partial charge >= 0.3 is 6.03 Å². The van der Waals surface area contributed by atoms with Gasteiger partial charge < -0.3 is 15.5 Å². The molecule has 4 aliphatic rings. The number of hydrogen-bond donors (Lipinski definition) is 2. The van der Waals surface area contributed by atoms with Crippen molar-refractivity contribution in [3.8, 4) is 6.07 Å². The second-order valence-electron chi connectivity index (χ2n) is 9.20. The average molecular weight is 396 g/mol. The van der Waals surface area contributed by atoms with E-state index in [9.17, 15) is 4.79 Å². The van der Waals surface area contributed by atoms with Gasteiger partial charge in [-0.3, -0.25) is 4.90 Å². The van der Waals surface area contributed by atoms with E-state index in [1.54, 1.807) is 24.3 Å². The SMILES string of the molecule is CC1CCN(C[C@H]2CN3CC[C@H]2C[C@@H]3CNC(=O)Nc2cccc(C#N)c2)CC1. The predicted molar refractivity (Wildman–Crippen MR) is 115 cm³/mol. The molecule has 156 valence electrons. The van der Waals surface area contributed by atoms with E-state index in [0.29, 0.717) is 23.8 Å². The summed E-state index contributed by atoms with van der Waals surface area (Å²) in [5.41, 5.74) is 1.20. The minimum absolute atomic E-state index is 0.193. The van der Waals surface area contributed by atoms with Gasteiger partial charge in [-0.2, -0.15) is 5.26 Å². The van der Waals surface area contributed by atoms with Gasteiger partial charge in [0.05, 0.1) is 11.6 Å². The molecular weight excluding hydrogens is 362 g/mol. The number of rotatable bonds is 5. The Hall–Kier alpha value is -2.10.